The predicted molar refractivity (Wildman–Crippen MR) is 65.5 cm³/mol. The third-order valence-corrected chi connectivity index (χ3v) is 2.89. The summed E-state index contributed by atoms with van der Waals surface area (Å²) in [5, 5.41) is 23.2. The van der Waals surface area contributed by atoms with Crippen LogP contribution in [0, 0.1) is 0 Å². The molecule has 2 aromatic carbocycles. The second kappa shape index (κ2) is 5.15. The number of nitrogens with zero attached hydrogens (tertiary/aromatic N) is 1. The van der Waals surface area contributed by atoms with E-state index in [0.29, 0.717) is 10.3 Å². The van der Waals surface area contributed by atoms with Crippen LogP contribution in [0.15, 0.2) is 40.2 Å². The molecule has 2 rings (SSSR count). The van der Waals surface area contributed by atoms with Gasteiger partial charge in [0, 0.05) is 5.39 Å². The molecular formula is C11H9NO4S. The Morgan fingerprint density at radius 1 is 1.29 bits per heavy atom. The highest BCUT2D eigenvalue weighted by Gasteiger charge is 2.12. The van der Waals surface area contributed by atoms with E-state index in [4.69, 9.17) is 5.26 Å². The molecule has 0 aromatic heterocycles. The van der Waals surface area contributed by atoms with Crippen molar-refractivity contribution in [2.45, 2.75) is 4.90 Å². The van der Waals surface area contributed by atoms with Gasteiger partial charge in [0.2, 0.25) is 0 Å². The van der Waals surface area contributed by atoms with Gasteiger partial charge < -0.3 is 5.11 Å². The lowest BCUT2D eigenvalue weighted by atomic mass is 10.1. The van der Waals surface area contributed by atoms with Crippen molar-refractivity contribution in [3.63, 3.8) is 0 Å². The number of hydrogen-bond donors (Lipinski definition) is 2. The minimum Gasteiger partial charge on any atom is -0.505 e. The third kappa shape index (κ3) is 2.25. The molecule has 0 saturated heterocycles. The Bertz CT molecular complexity index is 558. The first-order valence-electron chi connectivity index (χ1n) is 4.64. The summed E-state index contributed by atoms with van der Waals surface area (Å²) in [7, 11) is 0. The van der Waals surface area contributed by atoms with Gasteiger partial charge in [0.05, 0.1) is 16.9 Å². The van der Waals surface area contributed by atoms with E-state index in [9.17, 15) is 5.11 Å². The summed E-state index contributed by atoms with van der Waals surface area (Å²) < 4.78 is 4.34. The van der Waals surface area contributed by atoms with Gasteiger partial charge in [-0.25, -0.2) is 5.26 Å². The van der Waals surface area contributed by atoms with Crippen LogP contribution >= 0.6 is 12.0 Å². The molecular weight excluding hydrogens is 242 g/mol. The molecule has 0 bridgehead atoms. The molecule has 0 fully saturated rings. The van der Waals surface area contributed by atoms with Crippen molar-refractivity contribution in [3.8, 4) is 5.75 Å². The Kier molecular flexibility index (Phi) is 3.60. The van der Waals surface area contributed by atoms with E-state index in [2.05, 4.69) is 21.1 Å². The van der Waals surface area contributed by atoms with Gasteiger partial charge in [0.15, 0.2) is 0 Å². The number of phenolic OH excluding ortho intramolecular Hbond substituents is 1. The number of aromatic hydroxyl groups is 1. The van der Waals surface area contributed by atoms with Crippen molar-refractivity contribution in [2.75, 3.05) is 0 Å². The van der Waals surface area contributed by atoms with Crippen LogP contribution in [-0.2, 0) is 9.37 Å². The highest BCUT2D eigenvalue weighted by atomic mass is 32.2. The Labute approximate surface area is 101 Å². The molecule has 0 heterocycles. The van der Waals surface area contributed by atoms with Crippen LogP contribution in [0.4, 0.5) is 5.69 Å². The fraction of sp³-hybridized carbons (Fsp3) is 0. The first kappa shape index (κ1) is 11.9. The summed E-state index contributed by atoms with van der Waals surface area (Å²) in [6.45, 7) is 3.39. The number of fused-ring (bicyclic) bond motifs is 1. The van der Waals surface area contributed by atoms with E-state index in [1.165, 1.54) is 0 Å². The standard InChI is InChI=1S/C11H9NO4S/c1-12-10-9(17-16-15-14)6-7-4-2-3-5-8(7)11(10)13/h2-6,13-14H,1H2. The lowest BCUT2D eigenvalue weighted by molar-refractivity contribution is -0.432. The molecule has 0 aliphatic carbocycles. The highest BCUT2D eigenvalue weighted by molar-refractivity contribution is 7.94. The lowest BCUT2D eigenvalue weighted by Crippen LogP contribution is -1.83. The van der Waals surface area contributed by atoms with Gasteiger partial charge in [-0.3, -0.25) is 4.99 Å². The van der Waals surface area contributed by atoms with Gasteiger partial charge >= 0.3 is 0 Å². The van der Waals surface area contributed by atoms with Crippen LogP contribution < -0.4 is 0 Å². The van der Waals surface area contributed by atoms with Gasteiger partial charge in [-0.05, 0) is 18.2 Å². The Balaban J connectivity index is 2.62. The van der Waals surface area contributed by atoms with Crippen LogP contribution in [0.2, 0.25) is 0 Å². The van der Waals surface area contributed by atoms with E-state index in [1.54, 1.807) is 12.1 Å². The third-order valence-electron chi connectivity index (χ3n) is 2.27. The summed E-state index contributed by atoms with van der Waals surface area (Å²) in [4.78, 5) is 4.23. The topological polar surface area (TPSA) is 71.3 Å². The van der Waals surface area contributed by atoms with Crippen LogP contribution in [0.1, 0.15) is 0 Å². The van der Waals surface area contributed by atoms with Gasteiger partial charge in [-0.2, -0.15) is 0 Å². The average Bonchev–Trinajstić information content (AvgIpc) is 2.36. The number of phenols is 1. The number of rotatable bonds is 4. The molecule has 88 valence electrons. The van der Waals surface area contributed by atoms with Crippen LogP contribution in [0.25, 0.3) is 10.8 Å². The zero-order valence-electron chi connectivity index (χ0n) is 8.66. The Hall–Kier alpha value is -1.60. The maximum Gasteiger partial charge on any atom is 0.150 e. The lowest BCUT2D eigenvalue weighted by Gasteiger charge is -2.08. The fourth-order valence-electron chi connectivity index (χ4n) is 1.56. The Morgan fingerprint density at radius 3 is 2.76 bits per heavy atom. The fourth-order valence-corrected chi connectivity index (χ4v) is 2.08. The number of benzene rings is 2. The zero-order valence-corrected chi connectivity index (χ0v) is 9.48. The molecule has 0 saturated carbocycles. The minimum atomic E-state index is 0.0159. The molecule has 0 radical (unpaired) electrons. The molecule has 0 amide bonds. The van der Waals surface area contributed by atoms with Gasteiger partial charge in [0.25, 0.3) is 0 Å². The molecule has 2 N–H and O–H groups in total. The van der Waals surface area contributed by atoms with E-state index >= 15 is 0 Å². The molecule has 2 aromatic rings. The monoisotopic (exact) mass is 251 g/mol. The maximum absolute atomic E-state index is 10.0. The summed E-state index contributed by atoms with van der Waals surface area (Å²) in [6.07, 6.45) is 0. The summed E-state index contributed by atoms with van der Waals surface area (Å²) in [5.74, 6) is 0.0159. The molecule has 5 nitrogen and oxygen atoms in total. The molecule has 0 spiro atoms. The van der Waals surface area contributed by atoms with E-state index in [1.807, 2.05) is 18.2 Å². The maximum atomic E-state index is 10.0. The first-order valence-corrected chi connectivity index (χ1v) is 5.38. The molecule has 0 atom stereocenters. The molecule has 0 aliphatic rings. The molecule has 17 heavy (non-hydrogen) atoms. The van der Waals surface area contributed by atoms with E-state index in [-0.39, 0.29) is 11.4 Å². The minimum absolute atomic E-state index is 0.0159. The predicted octanol–water partition coefficient (Wildman–Crippen LogP) is 3.31. The Morgan fingerprint density at radius 2 is 2.06 bits per heavy atom. The van der Waals surface area contributed by atoms with E-state index in [0.717, 1.165) is 17.4 Å². The van der Waals surface area contributed by atoms with Crippen LogP contribution in [0.3, 0.4) is 0 Å². The van der Waals surface area contributed by atoms with Gasteiger partial charge in [0.1, 0.15) is 11.4 Å². The van der Waals surface area contributed by atoms with Crippen molar-refractivity contribution in [1.82, 2.24) is 0 Å². The second-order valence-electron chi connectivity index (χ2n) is 3.18. The quantitative estimate of drug-likeness (QED) is 0.377. The molecule has 6 heteroatoms. The van der Waals surface area contributed by atoms with Crippen molar-refractivity contribution in [1.29, 1.82) is 0 Å². The smallest absolute Gasteiger partial charge is 0.150 e. The normalized spacial score (nSPS) is 10.6. The number of hydrogen-bond acceptors (Lipinski definition) is 6. The average molecular weight is 251 g/mol. The van der Waals surface area contributed by atoms with Crippen molar-refractivity contribution in [2.24, 2.45) is 4.99 Å². The highest BCUT2D eigenvalue weighted by Crippen LogP contribution is 2.42. The first-order chi connectivity index (χ1) is 8.27. The summed E-state index contributed by atoms with van der Waals surface area (Å²) >= 11 is 0.735. The van der Waals surface area contributed by atoms with Crippen molar-refractivity contribution < 1.29 is 19.7 Å². The summed E-state index contributed by atoms with van der Waals surface area (Å²) in [6, 6.07) is 9.03. The zero-order chi connectivity index (χ0) is 12.3. The number of aliphatic imine (C=N–C) groups is 1. The SMILES string of the molecule is C=Nc1c(SOOO)cc2ccccc2c1O. The van der Waals surface area contributed by atoms with Crippen molar-refractivity contribution >= 4 is 35.2 Å². The van der Waals surface area contributed by atoms with Crippen LogP contribution in [0.5, 0.6) is 5.75 Å². The largest absolute Gasteiger partial charge is 0.505 e. The molecule has 0 unspecified atom stereocenters. The van der Waals surface area contributed by atoms with Crippen LogP contribution in [-0.4, -0.2) is 17.1 Å². The second-order valence-corrected chi connectivity index (χ2v) is 3.92. The molecule has 0 aliphatic heterocycles. The van der Waals surface area contributed by atoms with E-state index < -0.39 is 0 Å². The van der Waals surface area contributed by atoms with Gasteiger partial charge in [-0.1, -0.05) is 29.3 Å². The summed E-state index contributed by atoms with van der Waals surface area (Å²) in [5.41, 5.74) is 0.283. The van der Waals surface area contributed by atoms with Gasteiger partial charge in [-0.15, -0.1) is 4.33 Å². The van der Waals surface area contributed by atoms with Crippen molar-refractivity contribution in [3.05, 3.63) is 30.3 Å².